The first-order valence-electron chi connectivity index (χ1n) is 9.31. The minimum atomic E-state index is 0.650. The van der Waals surface area contributed by atoms with Crippen molar-refractivity contribution in [3.63, 3.8) is 0 Å². The maximum Gasteiger partial charge on any atom is 0.119 e. The second-order valence-electron chi connectivity index (χ2n) is 6.06. The minimum Gasteiger partial charge on any atom is -0.494 e. The maximum absolute atomic E-state index is 9.43. The zero-order valence-electron chi connectivity index (χ0n) is 15.5. The second kappa shape index (κ2) is 11.9. The van der Waals surface area contributed by atoms with Crippen LogP contribution in [-0.4, -0.2) is 19.8 Å². The zero-order chi connectivity index (χ0) is 18.5. The molecule has 3 heteroatoms. The first kappa shape index (κ1) is 19.8. The predicted molar refractivity (Wildman–Crippen MR) is 107 cm³/mol. The number of hydrogen-bond acceptors (Lipinski definition) is 3. The van der Waals surface area contributed by atoms with Crippen LogP contribution in [0.1, 0.15) is 43.7 Å². The van der Waals surface area contributed by atoms with Crippen LogP contribution in [-0.2, 0) is 4.74 Å². The van der Waals surface area contributed by atoms with Gasteiger partial charge in [0.25, 0.3) is 0 Å². The average molecular weight is 349 g/mol. The molecule has 0 amide bonds. The molecular weight excluding hydrogens is 322 g/mol. The SMILES string of the molecule is CCOCCCCCCOc1ccc(/C(C#N)=C/c2ccccc2)cc1. The van der Waals surface area contributed by atoms with Crippen molar-refractivity contribution in [2.45, 2.75) is 32.6 Å². The van der Waals surface area contributed by atoms with Crippen molar-refractivity contribution in [3.05, 3.63) is 65.7 Å². The molecule has 0 spiro atoms. The van der Waals surface area contributed by atoms with Crippen molar-refractivity contribution in [2.24, 2.45) is 0 Å². The Morgan fingerprint density at radius 2 is 1.62 bits per heavy atom. The summed E-state index contributed by atoms with van der Waals surface area (Å²) in [5.41, 5.74) is 2.57. The molecule has 0 radical (unpaired) electrons. The van der Waals surface area contributed by atoms with Gasteiger partial charge in [-0.25, -0.2) is 0 Å². The minimum absolute atomic E-state index is 0.650. The summed E-state index contributed by atoms with van der Waals surface area (Å²) in [5.74, 6) is 0.847. The normalized spacial score (nSPS) is 11.2. The second-order valence-corrected chi connectivity index (χ2v) is 6.06. The van der Waals surface area contributed by atoms with Gasteiger partial charge in [-0.3, -0.25) is 0 Å². The van der Waals surface area contributed by atoms with E-state index in [9.17, 15) is 5.26 Å². The molecule has 3 nitrogen and oxygen atoms in total. The van der Waals surface area contributed by atoms with Gasteiger partial charge >= 0.3 is 0 Å². The summed E-state index contributed by atoms with van der Waals surface area (Å²) in [7, 11) is 0. The molecule has 0 aromatic heterocycles. The van der Waals surface area contributed by atoms with Crippen LogP contribution in [0.2, 0.25) is 0 Å². The van der Waals surface area contributed by atoms with E-state index in [1.807, 2.05) is 67.6 Å². The van der Waals surface area contributed by atoms with Crippen molar-refractivity contribution >= 4 is 11.6 Å². The van der Waals surface area contributed by atoms with Crippen LogP contribution >= 0.6 is 0 Å². The molecule has 0 aliphatic rings. The fraction of sp³-hybridized carbons (Fsp3) is 0.348. The van der Waals surface area contributed by atoms with E-state index in [1.54, 1.807) is 0 Å². The van der Waals surface area contributed by atoms with Crippen molar-refractivity contribution in [2.75, 3.05) is 19.8 Å². The lowest BCUT2D eigenvalue weighted by Crippen LogP contribution is -1.98. The molecule has 0 atom stereocenters. The first-order valence-corrected chi connectivity index (χ1v) is 9.31. The van der Waals surface area contributed by atoms with E-state index >= 15 is 0 Å². The largest absolute Gasteiger partial charge is 0.494 e. The number of rotatable bonds is 11. The summed E-state index contributed by atoms with van der Waals surface area (Å²) in [6, 6.07) is 19.9. The van der Waals surface area contributed by atoms with Crippen LogP contribution in [0.15, 0.2) is 54.6 Å². The number of nitrogens with zero attached hydrogens (tertiary/aromatic N) is 1. The average Bonchev–Trinajstić information content (AvgIpc) is 2.69. The van der Waals surface area contributed by atoms with Crippen LogP contribution in [0.4, 0.5) is 0 Å². The molecule has 2 aromatic carbocycles. The van der Waals surface area contributed by atoms with Gasteiger partial charge in [-0.2, -0.15) is 5.26 Å². The van der Waals surface area contributed by atoms with Gasteiger partial charge in [0, 0.05) is 13.2 Å². The topological polar surface area (TPSA) is 42.2 Å². The smallest absolute Gasteiger partial charge is 0.119 e. The summed E-state index contributed by atoms with van der Waals surface area (Å²) in [4.78, 5) is 0. The van der Waals surface area contributed by atoms with E-state index in [2.05, 4.69) is 6.07 Å². The monoisotopic (exact) mass is 349 g/mol. The van der Waals surface area contributed by atoms with E-state index in [0.29, 0.717) is 5.57 Å². The van der Waals surface area contributed by atoms with Crippen molar-refractivity contribution in [3.8, 4) is 11.8 Å². The van der Waals surface area contributed by atoms with Gasteiger partial charge in [0.05, 0.1) is 18.2 Å². The Hall–Kier alpha value is -2.57. The van der Waals surface area contributed by atoms with E-state index in [-0.39, 0.29) is 0 Å². The Bertz CT molecular complexity index is 699. The quantitative estimate of drug-likeness (QED) is 0.296. The Balaban J connectivity index is 1.79. The lowest BCUT2D eigenvalue weighted by atomic mass is 10.0. The third kappa shape index (κ3) is 7.13. The predicted octanol–water partition coefficient (Wildman–Crippen LogP) is 5.73. The third-order valence-electron chi connectivity index (χ3n) is 4.05. The molecule has 0 aliphatic heterocycles. The highest BCUT2D eigenvalue weighted by molar-refractivity contribution is 5.89. The van der Waals surface area contributed by atoms with E-state index in [1.165, 1.54) is 6.42 Å². The molecule has 0 aliphatic carbocycles. The standard InChI is InChI=1S/C23H27NO2/c1-2-25-16-8-3-4-9-17-26-23-14-12-21(13-15-23)22(19-24)18-20-10-6-5-7-11-20/h5-7,10-15,18H,2-4,8-9,16-17H2,1H3/b22-18+. The lowest BCUT2D eigenvalue weighted by Gasteiger charge is -2.07. The molecule has 0 unspecified atom stereocenters. The van der Waals surface area contributed by atoms with E-state index < -0.39 is 0 Å². The lowest BCUT2D eigenvalue weighted by molar-refractivity contribution is 0.142. The molecule has 0 fully saturated rings. The highest BCUT2D eigenvalue weighted by atomic mass is 16.5. The van der Waals surface area contributed by atoms with Crippen LogP contribution in [0, 0.1) is 11.3 Å². The Labute approximate surface area is 156 Å². The molecule has 136 valence electrons. The zero-order valence-corrected chi connectivity index (χ0v) is 15.5. The van der Waals surface area contributed by atoms with Crippen molar-refractivity contribution in [1.29, 1.82) is 5.26 Å². The Morgan fingerprint density at radius 3 is 2.27 bits per heavy atom. The van der Waals surface area contributed by atoms with Crippen LogP contribution in [0.25, 0.3) is 11.6 Å². The Kier molecular flexibility index (Phi) is 9.03. The molecule has 0 heterocycles. The maximum atomic E-state index is 9.43. The molecule has 0 saturated carbocycles. The summed E-state index contributed by atoms with van der Waals surface area (Å²) >= 11 is 0. The van der Waals surface area contributed by atoms with Crippen molar-refractivity contribution in [1.82, 2.24) is 0 Å². The molecule has 0 bridgehead atoms. The van der Waals surface area contributed by atoms with Crippen LogP contribution < -0.4 is 4.74 Å². The Morgan fingerprint density at radius 1 is 0.923 bits per heavy atom. The first-order chi connectivity index (χ1) is 12.8. The number of unbranched alkanes of at least 4 members (excludes halogenated alkanes) is 3. The summed E-state index contributed by atoms with van der Waals surface area (Å²) in [6.45, 7) is 4.40. The van der Waals surface area contributed by atoms with Gasteiger partial charge in [0.2, 0.25) is 0 Å². The summed E-state index contributed by atoms with van der Waals surface area (Å²) < 4.78 is 11.1. The highest BCUT2D eigenvalue weighted by Gasteiger charge is 2.02. The summed E-state index contributed by atoms with van der Waals surface area (Å²) in [5, 5.41) is 9.43. The van der Waals surface area contributed by atoms with Gasteiger partial charge in [-0.15, -0.1) is 0 Å². The molecule has 2 aromatic rings. The molecule has 26 heavy (non-hydrogen) atoms. The van der Waals surface area contributed by atoms with E-state index in [0.717, 1.165) is 56.0 Å². The fourth-order valence-corrected chi connectivity index (χ4v) is 2.62. The number of hydrogen-bond donors (Lipinski definition) is 0. The number of allylic oxidation sites excluding steroid dienone is 1. The van der Waals surface area contributed by atoms with E-state index in [4.69, 9.17) is 9.47 Å². The number of ether oxygens (including phenoxy) is 2. The molecular formula is C23H27NO2. The van der Waals surface area contributed by atoms with Crippen LogP contribution in [0.5, 0.6) is 5.75 Å². The van der Waals surface area contributed by atoms with Gasteiger partial charge in [-0.1, -0.05) is 36.8 Å². The van der Waals surface area contributed by atoms with Crippen LogP contribution in [0.3, 0.4) is 0 Å². The van der Waals surface area contributed by atoms with Crippen molar-refractivity contribution < 1.29 is 9.47 Å². The molecule has 2 rings (SSSR count). The van der Waals surface area contributed by atoms with Gasteiger partial charge in [0.15, 0.2) is 0 Å². The molecule has 0 N–H and O–H groups in total. The molecule has 0 saturated heterocycles. The fourth-order valence-electron chi connectivity index (χ4n) is 2.62. The van der Waals surface area contributed by atoms with Gasteiger partial charge in [-0.05, 0) is 67.7 Å². The van der Waals surface area contributed by atoms with Gasteiger partial charge < -0.3 is 9.47 Å². The van der Waals surface area contributed by atoms with Gasteiger partial charge in [0.1, 0.15) is 5.75 Å². The highest BCUT2D eigenvalue weighted by Crippen LogP contribution is 2.21. The third-order valence-corrected chi connectivity index (χ3v) is 4.05. The number of nitriles is 1. The summed E-state index contributed by atoms with van der Waals surface area (Å²) in [6.07, 6.45) is 6.40. The number of benzene rings is 2.